The number of benzene rings is 1. The third-order valence-electron chi connectivity index (χ3n) is 3.17. The van der Waals surface area contributed by atoms with E-state index in [1.54, 1.807) is 26.0 Å². The normalized spacial score (nSPS) is 11.2. The van der Waals surface area contributed by atoms with Crippen LogP contribution in [-0.4, -0.2) is 17.0 Å². The highest BCUT2D eigenvalue weighted by atomic mass is 19.1. The summed E-state index contributed by atoms with van der Waals surface area (Å²) in [5.74, 6) is -1.59. The van der Waals surface area contributed by atoms with Gasteiger partial charge in [0.2, 0.25) is 5.91 Å². The molecule has 0 saturated heterocycles. The molecular formula is C15H20FNO3. The zero-order valence-electron chi connectivity index (χ0n) is 12.2. The number of nitrogens with one attached hydrogen (secondary N) is 1. The van der Waals surface area contributed by atoms with Crippen molar-refractivity contribution in [2.24, 2.45) is 5.41 Å². The molecule has 4 nitrogen and oxygen atoms in total. The summed E-state index contributed by atoms with van der Waals surface area (Å²) in [6.07, 6.45) is -0.0957. The van der Waals surface area contributed by atoms with Gasteiger partial charge < -0.3 is 10.4 Å². The summed E-state index contributed by atoms with van der Waals surface area (Å²) < 4.78 is 13.5. The van der Waals surface area contributed by atoms with Crippen LogP contribution < -0.4 is 5.32 Å². The summed E-state index contributed by atoms with van der Waals surface area (Å²) >= 11 is 0. The van der Waals surface area contributed by atoms with Gasteiger partial charge in [-0.15, -0.1) is 0 Å². The van der Waals surface area contributed by atoms with Gasteiger partial charge in [0.15, 0.2) is 0 Å². The van der Waals surface area contributed by atoms with Crippen LogP contribution in [0.15, 0.2) is 12.1 Å². The van der Waals surface area contributed by atoms with Crippen LogP contribution in [0.3, 0.4) is 0 Å². The Morgan fingerprint density at radius 2 is 1.75 bits per heavy atom. The Bertz CT molecular complexity index is 515. The third-order valence-corrected chi connectivity index (χ3v) is 3.17. The minimum absolute atomic E-state index is 0.0957. The quantitative estimate of drug-likeness (QED) is 0.871. The summed E-state index contributed by atoms with van der Waals surface area (Å²) in [4.78, 5) is 22.7. The zero-order chi connectivity index (χ0) is 15.5. The molecule has 110 valence electrons. The monoisotopic (exact) mass is 281 g/mol. The van der Waals surface area contributed by atoms with Gasteiger partial charge in [0.1, 0.15) is 5.82 Å². The lowest BCUT2D eigenvalue weighted by molar-refractivity contribution is -0.149. The average Bonchev–Trinajstić information content (AvgIpc) is 2.32. The first-order valence-corrected chi connectivity index (χ1v) is 6.39. The number of carbonyl (C=O) groups excluding carboxylic acids is 1. The average molecular weight is 281 g/mol. The molecule has 0 unspecified atom stereocenters. The van der Waals surface area contributed by atoms with Crippen LogP contribution in [0.2, 0.25) is 0 Å². The van der Waals surface area contributed by atoms with Crippen LogP contribution in [0.1, 0.15) is 37.0 Å². The van der Waals surface area contributed by atoms with E-state index in [1.807, 2.05) is 0 Å². The Morgan fingerprint density at radius 3 is 2.20 bits per heavy atom. The fourth-order valence-electron chi connectivity index (χ4n) is 1.88. The molecule has 5 heteroatoms. The second-order valence-corrected chi connectivity index (χ2v) is 5.69. The third kappa shape index (κ3) is 4.05. The Balaban J connectivity index is 2.64. The maximum Gasteiger partial charge on any atom is 0.309 e. The Hall–Kier alpha value is -1.91. The number of carboxylic acid groups (broad SMARTS) is 1. The van der Waals surface area contributed by atoms with Crippen molar-refractivity contribution < 1.29 is 19.1 Å². The predicted molar refractivity (Wildman–Crippen MR) is 73.8 cm³/mol. The van der Waals surface area contributed by atoms with Crippen molar-refractivity contribution in [1.82, 2.24) is 5.32 Å². The van der Waals surface area contributed by atoms with E-state index in [0.29, 0.717) is 11.1 Å². The van der Waals surface area contributed by atoms with E-state index >= 15 is 0 Å². The Labute approximate surface area is 118 Å². The van der Waals surface area contributed by atoms with Crippen molar-refractivity contribution in [3.05, 3.63) is 34.6 Å². The minimum Gasteiger partial charge on any atom is -0.481 e. The maximum atomic E-state index is 13.5. The minimum atomic E-state index is -1.10. The summed E-state index contributed by atoms with van der Waals surface area (Å²) in [6.45, 7) is 6.60. The molecule has 0 spiro atoms. The molecule has 0 aliphatic rings. The van der Waals surface area contributed by atoms with Gasteiger partial charge >= 0.3 is 5.97 Å². The van der Waals surface area contributed by atoms with E-state index in [9.17, 15) is 14.0 Å². The second kappa shape index (κ2) is 6.03. The fraction of sp³-hybridized carbons (Fsp3) is 0.467. The number of rotatable bonds is 5. The highest BCUT2D eigenvalue weighted by molar-refractivity contribution is 5.84. The number of aryl methyl sites for hydroxylation is 2. The van der Waals surface area contributed by atoms with E-state index in [4.69, 9.17) is 5.11 Å². The van der Waals surface area contributed by atoms with Crippen LogP contribution in [0.25, 0.3) is 0 Å². The van der Waals surface area contributed by atoms with Crippen LogP contribution >= 0.6 is 0 Å². The molecular weight excluding hydrogens is 261 g/mol. The van der Waals surface area contributed by atoms with E-state index < -0.39 is 11.4 Å². The molecule has 2 N–H and O–H groups in total. The predicted octanol–water partition coefficient (Wildman–Crippen LogP) is 2.56. The van der Waals surface area contributed by atoms with Crippen molar-refractivity contribution in [1.29, 1.82) is 0 Å². The lowest BCUT2D eigenvalue weighted by atomic mass is 9.89. The number of aliphatic carboxylic acids is 1. The molecule has 0 aliphatic heterocycles. The van der Waals surface area contributed by atoms with E-state index in [2.05, 4.69) is 5.32 Å². The lowest BCUT2D eigenvalue weighted by Gasteiger charge is -2.18. The molecule has 1 rings (SSSR count). The standard InChI is InChI=1S/C15H20FNO3/c1-9-5-11(6-10(2)13(9)16)8-17-12(18)7-15(3,4)14(19)20/h5-6H,7-8H2,1-4H3,(H,17,18)(H,19,20). The second-order valence-electron chi connectivity index (χ2n) is 5.69. The number of hydrogen-bond acceptors (Lipinski definition) is 2. The summed E-state index contributed by atoms with van der Waals surface area (Å²) in [7, 11) is 0. The van der Waals surface area contributed by atoms with E-state index in [0.717, 1.165) is 5.56 Å². The van der Waals surface area contributed by atoms with Crippen LogP contribution in [0.5, 0.6) is 0 Å². The van der Waals surface area contributed by atoms with Crippen molar-refractivity contribution >= 4 is 11.9 Å². The van der Waals surface area contributed by atoms with Crippen LogP contribution in [-0.2, 0) is 16.1 Å². The number of hydrogen-bond donors (Lipinski definition) is 2. The number of carboxylic acids is 1. The van der Waals surface area contributed by atoms with Gasteiger partial charge in [-0.05, 0) is 44.4 Å². The van der Waals surface area contributed by atoms with Crippen molar-refractivity contribution in [2.45, 2.75) is 40.7 Å². The first kappa shape index (κ1) is 16.1. The number of amides is 1. The molecule has 1 aromatic carbocycles. The smallest absolute Gasteiger partial charge is 0.309 e. The van der Waals surface area contributed by atoms with Crippen LogP contribution in [0, 0.1) is 25.1 Å². The maximum absolute atomic E-state index is 13.5. The van der Waals surface area contributed by atoms with Crippen molar-refractivity contribution in [3.63, 3.8) is 0 Å². The SMILES string of the molecule is Cc1cc(CNC(=O)CC(C)(C)C(=O)O)cc(C)c1F. The van der Waals surface area contributed by atoms with Gasteiger partial charge in [-0.1, -0.05) is 12.1 Å². The van der Waals surface area contributed by atoms with Gasteiger partial charge in [-0.2, -0.15) is 0 Å². The molecule has 0 aliphatic carbocycles. The molecule has 1 aromatic rings. The van der Waals surface area contributed by atoms with Gasteiger partial charge in [-0.3, -0.25) is 9.59 Å². The van der Waals surface area contributed by atoms with Crippen LogP contribution in [0.4, 0.5) is 4.39 Å². The summed E-state index contributed by atoms with van der Waals surface area (Å²) in [5.41, 5.74) is 0.752. The van der Waals surface area contributed by atoms with Crippen molar-refractivity contribution in [2.75, 3.05) is 0 Å². The van der Waals surface area contributed by atoms with Gasteiger partial charge in [-0.25, -0.2) is 4.39 Å². The van der Waals surface area contributed by atoms with Gasteiger partial charge in [0.25, 0.3) is 0 Å². The molecule has 0 fully saturated rings. The lowest BCUT2D eigenvalue weighted by Crippen LogP contribution is -2.33. The van der Waals surface area contributed by atoms with Gasteiger partial charge in [0, 0.05) is 13.0 Å². The largest absolute Gasteiger partial charge is 0.481 e. The highest BCUT2D eigenvalue weighted by Gasteiger charge is 2.29. The highest BCUT2D eigenvalue weighted by Crippen LogP contribution is 2.20. The fourth-order valence-corrected chi connectivity index (χ4v) is 1.88. The molecule has 1 amide bonds. The van der Waals surface area contributed by atoms with E-state index in [1.165, 1.54) is 13.8 Å². The molecule has 20 heavy (non-hydrogen) atoms. The Morgan fingerprint density at radius 1 is 1.25 bits per heavy atom. The number of carbonyl (C=O) groups is 2. The first-order chi connectivity index (χ1) is 9.13. The topological polar surface area (TPSA) is 66.4 Å². The van der Waals surface area contributed by atoms with Gasteiger partial charge in [0.05, 0.1) is 5.41 Å². The molecule has 0 saturated carbocycles. The number of halogens is 1. The molecule has 0 aromatic heterocycles. The summed E-state index contributed by atoms with van der Waals surface area (Å²) in [5, 5.41) is 11.6. The molecule has 0 bridgehead atoms. The summed E-state index contributed by atoms with van der Waals surface area (Å²) in [6, 6.07) is 3.34. The van der Waals surface area contributed by atoms with E-state index in [-0.39, 0.29) is 24.7 Å². The molecule has 0 heterocycles. The first-order valence-electron chi connectivity index (χ1n) is 6.39. The van der Waals surface area contributed by atoms with Crippen molar-refractivity contribution in [3.8, 4) is 0 Å². The molecule has 0 radical (unpaired) electrons. The Kier molecular flexibility index (Phi) is 4.87. The zero-order valence-corrected chi connectivity index (χ0v) is 12.2. The molecule has 0 atom stereocenters.